The van der Waals surface area contributed by atoms with Crippen LogP contribution in [0, 0.1) is 0 Å². The van der Waals surface area contributed by atoms with Crippen molar-refractivity contribution < 1.29 is 14.3 Å². The van der Waals surface area contributed by atoms with Crippen LogP contribution < -0.4 is 19.7 Å². The van der Waals surface area contributed by atoms with Crippen LogP contribution in [-0.2, 0) is 4.79 Å². The van der Waals surface area contributed by atoms with Crippen LogP contribution in [0.15, 0.2) is 36.5 Å². The van der Waals surface area contributed by atoms with E-state index in [9.17, 15) is 4.79 Å². The second-order valence-corrected chi connectivity index (χ2v) is 5.00. The number of carbonyl (C=O) groups excluding carboxylic acids is 1. The maximum atomic E-state index is 12.0. The molecule has 1 N–H and O–H groups in total. The fourth-order valence-corrected chi connectivity index (χ4v) is 2.38. The molecule has 0 saturated heterocycles. The van der Waals surface area contributed by atoms with Gasteiger partial charge in [-0.1, -0.05) is 12.1 Å². The average molecular weight is 314 g/mol. The monoisotopic (exact) mass is 314 g/mol. The number of fused-ring (bicyclic) bond motifs is 1. The lowest BCUT2D eigenvalue weighted by atomic mass is 10.2. The lowest BCUT2D eigenvalue weighted by molar-refractivity contribution is -0.121. The molecule has 2 heterocycles. The summed E-state index contributed by atoms with van der Waals surface area (Å²) < 4.78 is 10.5. The lowest BCUT2D eigenvalue weighted by Crippen LogP contribution is -2.39. The van der Waals surface area contributed by atoms with Gasteiger partial charge in [0.1, 0.15) is 5.75 Å². The van der Waals surface area contributed by atoms with Gasteiger partial charge in [0.25, 0.3) is 5.91 Å². The molecular formula is C16H18N4O3. The van der Waals surface area contributed by atoms with Crippen molar-refractivity contribution in [3.05, 3.63) is 36.5 Å². The minimum atomic E-state index is -0.0265. The van der Waals surface area contributed by atoms with Gasteiger partial charge in [-0.2, -0.15) is 4.98 Å². The maximum absolute atomic E-state index is 12.0. The standard InChI is InChI=1S/C16H18N4O3/c1-22-14-7-9-18-16(19-14)17-8-4-10-20-12-5-2-3-6-13(12)23-11-15(20)21/h2-3,5-7,9H,4,8,10-11H2,1H3,(H,17,18,19). The molecule has 1 aliphatic heterocycles. The van der Waals surface area contributed by atoms with E-state index >= 15 is 0 Å². The van der Waals surface area contributed by atoms with Crippen molar-refractivity contribution in [1.29, 1.82) is 0 Å². The summed E-state index contributed by atoms with van der Waals surface area (Å²) in [5.74, 6) is 1.75. The number of amides is 1. The van der Waals surface area contributed by atoms with E-state index < -0.39 is 0 Å². The zero-order valence-electron chi connectivity index (χ0n) is 12.9. The van der Waals surface area contributed by atoms with Gasteiger partial charge in [-0.3, -0.25) is 4.79 Å². The van der Waals surface area contributed by atoms with Crippen LogP contribution in [0.3, 0.4) is 0 Å². The Labute approximate surface area is 134 Å². The number of carbonyl (C=O) groups is 1. The molecule has 0 radical (unpaired) electrons. The molecular weight excluding hydrogens is 296 g/mol. The van der Waals surface area contributed by atoms with Crippen LogP contribution in [0.5, 0.6) is 11.6 Å². The number of anilines is 2. The van der Waals surface area contributed by atoms with Gasteiger partial charge < -0.3 is 19.7 Å². The molecule has 3 rings (SSSR count). The largest absolute Gasteiger partial charge is 0.482 e. The first-order valence-electron chi connectivity index (χ1n) is 7.41. The zero-order chi connectivity index (χ0) is 16.1. The molecule has 1 amide bonds. The first kappa shape index (κ1) is 15.1. The number of aromatic nitrogens is 2. The van der Waals surface area contributed by atoms with Crippen molar-refractivity contribution in [3.63, 3.8) is 0 Å². The summed E-state index contributed by atoms with van der Waals surface area (Å²) in [6.45, 7) is 1.35. The Balaban J connectivity index is 1.55. The fourth-order valence-electron chi connectivity index (χ4n) is 2.38. The van der Waals surface area contributed by atoms with E-state index in [1.165, 1.54) is 0 Å². The van der Waals surface area contributed by atoms with Crippen LogP contribution in [0.2, 0.25) is 0 Å². The molecule has 0 aliphatic carbocycles. The molecule has 1 aromatic heterocycles. The van der Waals surface area contributed by atoms with E-state index in [1.54, 1.807) is 24.3 Å². The average Bonchev–Trinajstić information content (AvgIpc) is 2.60. The van der Waals surface area contributed by atoms with Gasteiger partial charge in [0.05, 0.1) is 12.8 Å². The predicted octanol–water partition coefficient (Wildman–Crippen LogP) is 1.71. The normalized spacial score (nSPS) is 13.3. The third-order valence-corrected chi connectivity index (χ3v) is 3.49. The lowest BCUT2D eigenvalue weighted by Gasteiger charge is -2.29. The van der Waals surface area contributed by atoms with Crippen molar-refractivity contribution in [1.82, 2.24) is 9.97 Å². The number of para-hydroxylation sites is 2. The highest BCUT2D eigenvalue weighted by molar-refractivity contribution is 5.97. The van der Waals surface area contributed by atoms with Gasteiger partial charge in [-0.25, -0.2) is 4.98 Å². The number of ether oxygens (including phenoxy) is 2. The molecule has 23 heavy (non-hydrogen) atoms. The van der Waals surface area contributed by atoms with Crippen LogP contribution in [0.1, 0.15) is 6.42 Å². The number of rotatable bonds is 6. The van der Waals surface area contributed by atoms with E-state index in [0.717, 1.165) is 17.9 Å². The Bertz CT molecular complexity index is 693. The van der Waals surface area contributed by atoms with Gasteiger partial charge in [0, 0.05) is 25.4 Å². The molecule has 7 nitrogen and oxygen atoms in total. The maximum Gasteiger partial charge on any atom is 0.265 e. The highest BCUT2D eigenvalue weighted by Gasteiger charge is 2.24. The Hall–Kier alpha value is -2.83. The summed E-state index contributed by atoms with van der Waals surface area (Å²) in [5, 5.41) is 3.13. The smallest absolute Gasteiger partial charge is 0.265 e. The van der Waals surface area contributed by atoms with Gasteiger partial charge in [-0.05, 0) is 18.6 Å². The molecule has 1 aromatic carbocycles. The van der Waals surface area contributed by atoms with Crippen LogP contribution >= 0.6 is 0 Å². The molecule has 1 aliphatic rings. The van der Waals surface area contributed by atoms with Crippen molar-refractivity contribution in [2.24, 2.45) is 0 Å². The van der Waals surface area contributed by atoms with E-state index in [-0.39, 0.29) is 12.5 Å². The van der Waals surface area contributed by atoms with Crippen LogP contribution in [0.25, 0.3) is 0 Å². The Kier molecular flexibility index (Phi) is 4.56. The van der Waals surface area contributed by atoms with Crippen LogP contribution in [0.4, 0.5) is 11.6 Å². The van der Waals surface area contributed by atoms with Crippen LogP contribution in [-0.4, -0.2) is 42.7 Å². The number of nitrogens with one attached hydrogen (secondary N) is 1. The van der Waals surface area contributed by atoms with Gasteiger partial charge in [0.15, 0.2) is 6.61 Å². The highest BCUT2D eigenvalue weighted by atomic mass is 16.5. The molecule has 0 unspecified atom stereocenters. The SMILES string of the molecule is COc1ccnc(NCCCN2C(=O)COc3ccccc32)n1. The molecule has 0 bridgehead atoms. The highest BCUT2D eigenvalue weighted by Crippen LogP contribution is 2.31. The van der Waals surface area contributed by atoms with E-state index in [2.05, 4.69) is 15.3 Å². The first-order valence-corrected chi connectivity index (χ1v) is 7.41. The van der Waals surface area contributed by atoms with Crippen molar-refractivity contribution in [2.45, 2.75) is 6.42 Å². The summed E-state index contributed by atoms with van der Waals surface area (Å²) in [5.41, 5.74) is 0.821. The molecule has 0 spiro atoms. The van der Waals surface area contributed by atoms with Crippen molar-refractivity contribution >= 4 is 17.5 Å². The summed E-state index contributed by atoms with van der Waals surface area (Å²) in [6.07, 6.45) is 2.40. The molecule has 0 atom stereocenters. The third kappa shape index (κ3) is 3.50. The molecule has 120 valence electrons. The quantitative estimate of drug-likeness (QED) is 0.818. The number of benzene rings is 1. The molecule has 7 heteroatoms. The predicted molar refractivity (Wildman–Crippen MR) is 86.0 cm³/mol. The minimum Gasteiger partial charge on any atom is -0.482 e. The second-order valence-electron chi connectivity index (χ2n) is 5.00. The van der Waals surface area contributed by atoms with E-state index in [0.29, 0.717) is 24.9 Å². The number of hydrogen-bond acceptors (Lipinski definition) is 6. The summed E-state index contributed by atoms with van der Waals surface area (Å²) in [7, 11) is 1.56. The number of nitrogens with zero attached hydrogens (tertiary/aromatic N) is 3. The topological polar surface area (TPSA) is 76.6 Å². The van der Waals surface area contributed by atoms with Gasteiger partial charge >= 0.3 is 0 Å². The number of hydrogen-bond donors (Lipinski definition) is 1. The van der Waals surface area contributed by atoms with E-state index in [4.69, 9.17) is 9.47 Å². The summed E-state index contributed by atoms with van der Waals surface area (Å²) in [6, 6.07) is 9.25. The molecule has 0 saturated carbocycles. The van der Waals surface area contributed by atoms with Gasteiger partial charge in [-0.15, -0.1) is 0 Å². The van der Waals surface area contributed by atoms with E-state index in [1.807, 2.05) is 24.3 Å². The second kappa shape index (κ2) is 6.95. The fraction of sp³-hybridized carbons (Fsp3) is 0.312. The zero-order valence-corrected chi connectivity index (χ0v) is 12.9. The molecule has 0 fully saturated rings. The van der Waals surface area contributed by atoms with Gasteiger partial charge in [0.2, 0.25) is 11.8 Å². The first-order chi connectivity index (χ1) is 11.3. The van der Waals surface area contributed by atoms with Crippen molar-refractivity contribution in [3.8, 4) is 11.6 Å². The minimum absolute atomic E-state index is 0.0265. The summed E-state index contributed by atoms with van der Waals surface area (Å²) >= 11 is 0. The van der Waals surface area contributed by atoms with Crippen molar-refractivity contribution in [2.75, 3.05) is 37.0 Å². The number of methoxy groups -OCH3 is 1. The summed E-state index contributed by atoms with van der Waals surface area (Å²) in [4.78, 5) is 22.1. The Morgan fingerprint density at radius 1 is 1.35 bits per heavy atom. The third-order valence-electron chi connectivity index (χ3n) is 3.49. The Morgan fingerprint density at radius 3 is 3.09 bits per heavy atom. The Morgan fingerprint density at radius 2 is 2.22 bits per heavy atom. The molecule has 2 aromatic rings.